The molecule has 1 aromatic rings. The number of nitrogens with one attached hydrogen (secondary N) is 1. The van der Waals surface area contributed by atoms with Gasteiger partial charge in [0, 0.05) is 11.3 Å². The van der Waals surface area contributed by atoms with Crippen LogP contribution in [0.2, 0.25) is 0 Å². The Morgan fingerprint density at radius 3 is 3.17 bits per heavy atom. The van der Waals surface area contributed by atoms with E-state index in [1.54, 1.807) is 0 Å². The summed E-state index contributed by atoms with van der Waals surface area (Å²) in [6.07, 6.45) is 1.46. The summed E-state index contributed by atoms with van der Waals surface area (Å²) < 4.78 is 0.641. The predicted molar refractivity (Wildman–Crippen MR) is 45.0 cm³/mol. The van der Waals surface area contributed by atoms with Crippen LogP contribution in [0.5, 0.6) is 0 Å². The van der Waals surface area contributed by atoms with Crippen LogP contribution >= 0.6 is 15.9 Å². The number of aromatic nitrogens is 2. The van der Waals surface area contributed by atoms with Gasteiger partial charge in [0.1, 0.15) is 4.60 Å². The lowest BCUT2D eigenvalue weighted by Crippen LogP contribution is -2.07. The number of hydrogen-bond donors (Lipinski definition) is 2. The summed E-state index contributed by atoms with van der Waals surface area (Å²) in [4.78, 5) is 10.8. The van der Waals surface area contributed by atoms with Crippen LogP contribution in [0, 0.1) is 0 Å². The summed E-state index contributed by atoms with van der Waals surface area (Å²) in [5.41, 5.74) is 1.77. The van der Waals surface area contributed by atoms with E-state index in [0.717, 1.165) is 17.7 Å². The molecule has 1 aromatic heterocycles. The van der Waals surface area contributed by atoms with Gasteiger partial charge in [-0.25, -0.2) is 0 Å². The zero-order valence-electron chi connectivity index (χ0n) is 6.17. The number of nitrogens with zero attached hydrogens (tertiary/aromatic N) is 1. The van der Waals surface area contributed by atoms with E-state index < -0.39 is 5.97 Å². The topological polar surface area (TPSA) is 66.0 Å². The average Bonchev–Trinajstić information content (AvgIpc) is 2.53. The minimum absolute atomic E-state index is 0.381. The van der Waals surface area contributed by atoms with E-state index in [-0.39, 0.29) is 5.92 Å². The molecule has 0 bridgehead atoms. The second-order valence-corrected chi connectivity index (χ2v) is 3.59. The third-order valence-corrected chi connectivity index (χ3v) is 2.77. The van der Waals surface area contributed by atoms with E-state index in [9.17, 15) is 4.79 Å². The molecule has 1 unspecified atom stereocenters. The zero-order valence-corrected chi connectivity index (χ0v) is 7.76. The maximum Gasteiger partial charge on any atom is 0.311 e. The Balaban J connectivity index is 2.46. The number of hydrogen-bond acceptors (Lipinski definition) is 2. The number of H-pyrrole nitrogens is 1. The first-order valence-corrected chi connectivity index (χ1v) is 4.45. The quantitative estimate of drug-likeness (QED) is 0.765. The molecule has 12 heavy (non-hydrogen) atoms. The van der Waals surface area contributed by atoms with Crippen molar-refractivity contribution in [1.82, 2.24) is 10.2 Å². The Bertz CT molecular complexity index is 334. The van der Waals surface area contributed by atoms with Crippen molar-refractivity contribution < 1.29 is 9.90 Å². The summed E-state index contributed by atoms with van der Waals surface area (Å²) in [6, 6.07) is 0. The Kier molecular flexibility index (Phi) is 1.68. The van der Waals surface area contributed by atoms with E-state index >= 15 is 0 Å². The van der Waals surface area contributed by atoms with Crippen molar-refractivity contribution in [2.75, 3.05) is 0 Å². The summed E-state index contributed by atoms with van der Waals surface area (Å²) in [5, 5.41) is 15.6. The monoisotopic (exact) mass is 230 g/mol. The Morgan fingerprint density at radius 1 is 1.75 bits per heavy atom. The van der Waals surface area contributed by atoms with Crippen molar-refractivity contribution >= 4 is 21.9 Å². The van der Waals surface area contributed by atoms with Crippen molar-refractivity contribution in [2.45, 2.75) is 18.8 Å². The molecule has 1 heterocycles. The molecule has 0 aliphatic heterocycles. The first kappa shape index (κ1) is 7.79. The normalized spacial score (nSPS) is 20.9. The predicted octanol–water partition coefficient (Wildman–Crippen LogP) is 1.29. The fraction of sp³-hybridized carbons (Fsp3) is 0.429. The van der Waals surface area contributed by atoms with Crippen LogP contribution in [0.3, 0.4) is 0 Å². The summed E-state index contributed by atoms with van der Waals surface area (Å²) in [6.45, 7) is 0. The number of carboxylic acid groups (broad SMARTS) is 1. The Labute approximate surface area is 77.1 Å². The van der Waals surface area contributed by atoms with Crippen molar-refractivity contribution in [3.63, 3.8) is 0 Å². The second-order valence-electron chi connectivity index (χ2n) is 2.84. The summed E-state index contributed by atoms with van der Waals surface area (Å²) >= 11 is 3.22. The van der Waals surface area contributed by atoms with Gasteiger partial charge < -0.3 is 5.11 Å². The molecule has 1 aliphatic carbocycles. The molecule has 0 saturated heterocycles. The molecule has 0 radical (unpaired) electrons. The van der Waals surface area contributed by atoms with E-state index in [4.69, 9.17) is 5.11 Å². The first-order chi connectivity index (χ1) is 5.70. The van der Waals surface area contributed by atoms with Crippen LogP contribution in [0.1, 0.15) is 23.6 Å². The van der Waals surface area contributed by atoms with Gasteiger partial charge in [-0.2, -0.15) is 5.10 Å². The van der Waals surface area contributed by atoms with Gasteiger partial charge in [0.15, 0.2) is 0 Å². The summed E-state index contributed by atoms with van der Waals surface area (Å²) in [5.74, 6) is -1.15. The van der Waals surface area contributed by atoms with Gasteiger partial charge in [-0.3, -0.25) is 9.89 Å². The van der Waals surface area contributed by atoms with Gasteiger partial charge in [0.2, 0.25) is 0 Å². The minimum atomic E-state index is -0.768. The van der Waals surface area contributed by atoms with Gasteiger partial charge in [-0.1, -0.05) is 0 Å². The Hall–Kier alpha value is -0.840. The number of aliphatic carboxylic acids is 1. The highest BCUT2D eigenvalue weighted by atomic mass is 79.9. The molecule has 0 saturated carbocycles. The number of aromatic amines is 1. The fourth-order valence-corrected chi connectivity index (χ4v) is 2.19. The van der Waals surface area contributed by atoms with Gasteiger partial charge in [0.25, 0.3) is 0 Å². The van der Waals surface area contributed by atoms with Crippen molar-refractivity contribution in [3.05, 3.63) is 15.9 Å². The maximum atomic E-state index is 10.8. The van der Waals surface area contributed by atoms with Gasteiger partial charge in [-0.05, 0) is 28.8 Å². The standard InChI is InChI=1S/C7H7BrN2O2/c8-6-5-3(7(11)12)1-2-4(5)9-10-6/h3H,1-2H2,(H,9,10)(H,11,12). The molecule has 5 heteroatoms. The first-order valence-electron chi connectivity index (χ1n) is 3.65. The highest BCUT2D eigenvalue weighted by Crippen LogP contribution is 2.36. The fourth-order valence-electron chi connectivity index (χ4n) is 1.59. The molecular weight excluding hydrogens is 224 g/mol. The molecule has 2 rings (SSSR count). The number of carbonyl (C=O) groups is 1. The van der Waals surface area contributed by atoms with Crippen LogP contribution in [-0.4, -0.2) is 21.3 Å². The molecule has 1 atom stereocenters. The molecular formula is C7H7BrN2O2. The molecule has 0 amide bonds. The highest BCUT2D eigenvalue weighted by molar-refractivity contribution is 9.10. The lowest BCUT2D eigenvalue weighted by Gasteiger charge is -2.01. The van der Waals surface area contributed by atoms with E-state index in [2.05, 4.69) is 26.1 Å². The van der Waals surface area contributed by atoms with E-state index in [1.165, 1.54) is 0 Å². The molecule has 0 spiro atoms. The molecule has 0 fully saturated rings. The molecule has 64 valence electrons. The SMILES string of the molecule is O=C(O)C1CCc2[nH]nc(Br)c21. The molecule has 1 aliphatic rings. The van der Waals surface area contributed by atoms with Crippen LogP contribution in [0.4, 0.5) is 0 Å². The Morgan fingerprint density at radius 2 is 2.50 bits per heavy atom. The maximum absolute atomic E-state index is 10.8. The zero-order chi connectivity index (χ0) is 8.72. The highest BCUT2D eigenvalue weighted by Gasteiger charge is 2.32. The van der Waals surface area contributed by atoms with Gasteiger partial charge in [-0.15, -0.1) is 0 Å². The van der Waals surface area contributed by atoms with Crippen LogP contribution in [-0.2, 0) is 11.2 Å². The number of carboxylic acids is 1. The third-order valence-electron chi connectivity index (χ3n) is 2.17. The lowest BCUT2D eigenvalue weighted by atomic mass is 10.1. The number of fused-ring (bicyclic) bond motifs is 1. The van der Waals surface area contributed by atoms with Crippen molar-refractivity contribution in [3.8, 4) is 0 Å². The van der Waals surface area contributed by atoms with Crippen molar-refractivity contribution in [2.24, 2.45) is 0 Å². The van der Waals surface area contributed by atoms with Crippen molar-refractivity contribution in [1.29, 1.82) is 0 Å². The smallest absolute Gasteiger partial charge is 0.311 e. The van der Waals surface area contributed by atoms with Crippen LogP contribution in [0.25, 0.3) is 0 Å². The van der Waals surface area contributed by atoms with Gasteiger partial charge >= 0.3 is 5.97 Å². The van der Waals surface area contributed by atoms with Gasteiger partial charge in [0.05, 0.1) is 5.92 Å². The number of halogens is 1. The van der Waals surface area contributed by atoms with E-state index in [1.807, 2.05) is 0 Å². The minimum Gasteiger partial charge on any atom is -0.481 e. The average molecular weight is 231 g/mol. The van der Waals surface area contributed by atoms with E-state index in [0.29, 0.717) is 11.0 Å². The largest absolute Gasteiger partial charge is 0.481 e. The van der Waals surface area contributed by atoms with Crippen LogP contribution in [0.15, 0.2) is 4.60 Å². The number of aryl methyl sites for hydroxylation is 1. The van der Waals surface area contributed by atoms with Crippen LogP contribution < -0.4 is 0 Å². The molecule has 0 aromatic carbocycles. The summed E-state index contributed by atoms with van der Waals surface area (Å²) in [7, 11) is 0. The molecule has 2 N–H and O–H groups in total. The lowest BCUT2D eigenvalue weighted by molar-refractivity contribution is -0.138. The second kappa shape index (κ2) is 2.58. The third kappa shape index (κ3) is 0.964. The number of rotatable bonds is 1. The molecule has 4 nitrogen and oxygen atoms in total.